The van der Waals surface area contributed by atoms with E-state index in [0.29, 0.717) is 53.8 Å². The van der Waals surface area contributed by atoms with Crippen LogP contribution in [0.5, 0.6) is 0 Å². The van der Waals surface area contributed by atoms with Crippen molar-refractivity contribution in [2.24, 2.45) is 52.3 Å². The van der Waals surface area contributed by atoms with Crippen molar-refractivity contribution < 1.29 is 9.59 Å². The third kappa shape index (κ3) is 3.70. The van der Waals surface area contributed by atoms with E-state index in [-0.39, 0.29) is 17.0 Å². The molecule has 0 radical (unpaired) electrons. The van der Waals surface area contributed by atoms with Crippen LogP contribution in [0.15, 0.2) is 23.8 Å². The molecule has 172 valence electrons. The summed E-state index contributed by atoms with van der Waals surface area (Å²) in [5, 5.41) is 0. The van der Waals surface area contributed by atoms with Crippen molar-refractivity contribution >= 4 is 11.6 Å². The van der Waals surface area contributed by atoms with Gasteiger partial charge in [-0.3, -0.25) is 9.59 Å². The van der Waals surface area contributed by atoms with Crippen LogP contribution < -0.4 is 0 Å². The van der Waals surface area contributed by atoms with Gasteiger partial charge in [0, 0.05) is 18.4 Å². The van der Waals surface area contributed by atoms with Crippen molar-refractivity contribution in [1.82, 2.24) is 0 Å². The quantitative estimate of drug-likeness (QED) is 0.438. The van der Waals surface area contributed by atoms with Gasteiger partial charge in [0.15, 0.2) is 11.6 Å². The minimum atomic E-state index is -0.0650. The maximum atomic E-state index is 13.2. The Labute approximate surface area is 190 Å². The van der Waals surface area contributed by atoms with E-state index in [0.717, 1.165) is 17.9 Å². The van der Waals surface area contributed by atoms with Crippen LogP contribution in [0.25, 0.3) is 0 Å². The summed E-state index contributed by atoms with van der Waals surface area (Å²) in [4.78, 5) is 25.2. The average molecular weight is 425 g/mol. The van der Waals surface area contributed by atoms with Gasteiger partial charge < -0.3 is 0 Å². The Morgan fingerprint density at radius 2 is 1.77 bits per heavy atom. The van der Waals surface area contributed by atoms with Crippen molar-refractivity contribution in [3.8, 4) is 0 Å². The molecule has 0 spiro atoms. The molecule has 0 N–H and O–H groups in total. The normalized spacial score (nSPS) is 42.2. The Bertz CT molecular complexity index is 789. The molecule has 0 heterocycles. The first kappa shape index (κ1) is 23.0. The predicted molar refractivity (Wildman–Crippen MR) is 128 cm³/mol. The zero-order valence-corrected chi connectivity index (χ0v) is 20.7. The minimum Gasteiger partial charge on any atom is -0.295 e. The van der Waals surface area contributed by atoms with Gasteiger partial charge in [-0.25, -0.2) is 0 Å². The van der Waals surface area contributed by atoms with Crippen LogP contribution in [0.1, 0.15) is 92.9 Å². The van der Waals surface area contributed by atoms with Gasteiger partial charge in [0.25, 0.3) is 0 Å². The summed E-state index contributed by atoms with van der Waals surface area (Å²) in [5.74, 6) is 4.92. The summed E-state index contributed by atoms with van der Waals surface area (Å²) < 4.78 is 0. The minimum absolute atomic E-state index is 0.0650. The number of hydrogen-bond donors (Lipinski definition) is 0. The smallest absolute Gasteiger partial charge is 0.159 e. The SMILES string of the molecule is CC[C@H](/C=C\[C@H](C)[C@H]1CC[C@H]2[C@@H]3CC(=O)C4=CC(=O)CC[C@]4(C)[C@H]3CC[C@]12C)C(C)C. The Morgan fingerprint density at radius 1 is 1.03 bits per heavy atom. The van der Waals surface area contributed by atoms with Crippen LogP contribution in [-0.2, 0) is 9.59 Å². The van der Waals surface area contributed by atoms with Crippen molar-refractivity contribution in [3.05, 3.63) is 23.8 Å². The van der Waals surface area contributed by atoms with Crippen molar-refractivity contribution in [1.29, 1.82) is 0 Å². The first-order chi connectivity index (χ1) is 14.6. The highest BCUT2D eigenvalue weighted by Crippen LogP contribution is 2.67. The van der Waals surface area contributed by atoms with Crippen LogP contribution in [0, 0.1) is 52.3 Å². The molecule has 8 atom stereocenters. The largest absolute Gasteiger partial charge is 0.295 e. The molecule has 0 saturated heterocycles. The zero-order valence-electron chi connectivity index (χ0n) is 20.7. The van der Waals surface area contributed by atoms with Crippen molar-refractivity contribution in [2.75, 3.05) is 0 Å². The van der Waals surface area contributed by atoms with Crippen LogP contribution in [0.2, 0.25) is 0 Å². The van der Waals surface area contributed by atoms with Gasteiger partial charge in [-0.1, -0.05) is 53.7 Å². The third-order valence-electron chi connectivity index (χ3n) is 10.5. The molecule has 0 bridgehead atoms. The summed E-state index contributed by atoms with van der Waals surface area (Å²) >= 11 is 0. The van der Waals surface area contributed by atoms with E-state index in [1.165, 1.54) is 32.1 Å². The summed E-state index contributed by atoms with van der Waals surface area (Å²) in [6, 6.07) is 0. The average Bonchev–Trinajstić information content (AvgIpc) is 3.07. The first-order valence-electron chi connectivity index (χ1n) is 13.1. The summed E-state index contributed by atoms with van der Waals surface area (Å²) in [6.07, 6.45) is 15.2. The molecule has 3 fully saturated rings. The van der Waals surface area contributed by atoms with E-state index >= 15 is 0 Å². The highest BCUT2D eigenvalue weighted by atomic mass is 16.1. The van der Waals surface area contributed by atoms with Crippen LogP contribution >= 0.6 is 0 Å². The third-order valence-corrected chi connectivity index (χ3v) is 10.5. The molecule has 31 heavy (non-hydrogen) atoms. The Balaban J connectivity index is 1.56. The van der Waals surface area contributed by atoms with E-state index in [4.69, 9.17) is 0 Å². The van der Waals surface area contributed by atoms with E-state index in [2.05, 4.69) is 53.7 Å². The van der Waals surface area contributed by atoms with Gasteiger partial charge in [0.1, 0.15) is 0 Å². The number of Topliss-reactive ketones (excluding diaryl/α,β-unsaturated/α-hetero) is 1. The van der Waals surface area contributed by atoms with Gasteiger partial charge in [-0.05, 0) is 96.9 Å². The lowest BCUT2D eigenvalue weighted by Crippen LogP contribution is -2.53. The molecule has 4 aliphatic rings. The first-order valence-corrected chi connectivity index (χ1v) is 13.1. The maximum absolute atomic E-state index is 13.2. The molecule has 3 saturated carbocycles. The van der Waals surface area contributed by atoms with Crippen LogP contribution in [0.3, 0.4) is 0 Å². The second kappa shape index (κ2) is 8.31. The van der Waals surface area contributed by atoms with Gasteiger partial charge in [0.05, 0.1) is 0 Å². The van der Waals surface area contributed by atoms with Crippen LogP contribution in [0.4, 0.5) is 0 Å². The number of allylic oxidation sites excluding steroid dienone is 3. The van der Waals surface area contributed by atoms with E-state index in [1.54, 1.807) is 6.08 Å². The number of hydrogen-bond acceptors (Lipinski definition) is 2. The molecular formula is C29H44O2. The topological polar surface area (TPSA) is 34.1 Å². The molecule has 4 rings (SSSR count). The summed E-state index contributed by atoms with van der Waals surface area (Å²) in [5.41, 5.74) is 1.16. The molecule has 2 nitrogen and oxygen atoms in total. The number of carbonyl (C=O) groups excluding carboxylic acids is 2. The molecular weight excluding hydrogens is 380 g/mol. The van der Waals surface area contributed by atoms with Gasteiger partial charge in [-0.15, -0.1) is 0 Å². The predicted octanol–water partition coefficient (Wildman–Crippen LogP) is 7.19. The maximum Gasteiger partial charge on any atom is 0.159 e. The van der Waals surface area contributed by atoms with E-state index < -0.39 is 0 Å². The standard InChI is InChI=1S/C29H44O2/c1-7-20(18(2)3)9-8-19(4)23-10-11-24-22-17-27(31)26-16-21(30)12-14-29(26,6)25(22)13-15-28(23,24)5/h8-9,16,18-20,22-25H,7,10-15,17H2,1-6H3/b9-8-/t19-,20+,22-,23+,24-,25-,28+,29+/m0/s1. The van der Waals surface area contributed by atoms with Crippen molar-refractivity contribution in [2.45, 2.75) is 92.9 Å². The molecule has 2 heteroatoms. The molecule has 0 aliphatic heterocycles. The molecule has 0 aromatic rings. The molecule has 0 unspecified atom stereocenters. The van der Waals surface area contributed by atoms with Gasteiger partial charge in [-0.2, -0.15) is 0 Å². The molecule has 0 aromatic carbocycles. The Kier molecular flexibility index (Phi) is 6.16. The molecule has 0 aromatic heterocycles. The fourth-order valence-corrected chi connectivity index (χ4v) is 8.57. The fourth-order valence-electron chi connectivity index (χ4n) is 8.57. The second-order valence-electron chi connectivity index (χ2n) is 12.2. The Hall–Kier alpha value is -1.18. The lowest BCUT2D eigenvalue weighted by molar-refractivity contribution is -0.131. The summed E-state index contributed by atoms with van der Waals surface area (Å²) in [6.45, 7) is 14.3. The molecule has 0 amide bonds. The number of carbonyl (C=O) groups is 2. The number of ketones is 2. The highest BCUT2D eigenvalue weighted by molar-refractivity contribution is 6.05. The zero-order chi connectivity index (χ0) is 22.6. The van der Waals surface area contributed by atoms with Gasteiger partial charge in [0.2, 0.25) is 0 Å². The summed E-state index contributed by atoms with van der Waals surface area (Å²) in [7, 11) is 0. The van der Waals surface area contributed by atoms with Gasteiger partial charge >= 0.3 is 0 Å². The lowest BCUT2D eigenvalue weighted by atomic mass is 9.46. The highest BCUT2D eigenvalue weighted by Gasteiger charge is 2.60. The number of rotatable bonds is 5. The lowest BCUT2D eigenvalue weighted by Gasteiger charge is -2.57. The monoisotopic (exact) mass is 424 g/mol. The van der Waals surface area contributed by atoms with Crippen molar-refractivity contribution in [3.63, 3.8) is 0 Å². The van der Waals surface area contributed by atoms with E-state index in [1.807, 2.05) is 0 Å². The second-order valence-corrected chi connectivity index (χ2v) is 12.2. The fraction of sp³-hybridized carbons (Fsp3) is 0.793. The molecule has 4 aliphatic carbocycles. The Morgan fingerprint density at radius 3 is 2.45 bits per heavy atom. The van der Waals surface area contributed by atoms with E-state index in [9.17, 15) is 9.59 Å². The number of fused-ring (bicyclic) bond motifs is 5. The van der Waals surface area contributed by atoms with Crippen LogP contribution in [-0.4, -0.2) is 11.6 Å².